The van der Waals surface area contributed by atoms with Crippen molar-refractivity contribution in [2.75, 3.05) is 0 Å². The van der Waals surface area contributed by atoms with E-state index in [1.807, 2.05) is 34.6 Å². The van der Waals surface area contributed by atoms with Gasteiger partial charge in [-0.15, -0.1) is 11.3 Å². The summed E-state index contributed by atoms with van der Waals surface area (Å²) in [4.78, 5) is 16.9. The Morgan fingerprint density at radius 1 is 1.40 bits per heavy atom. The summed E-state index contributed by atoms with van der Waals surface area (Å²) < 4.78 is 0. The Hall–Kier alpha value is -0.700. The molecule has 2 nitrogen and oxygen atoms in total. The van der Waals surface area contributed by atoms with E-state index in [9.17, 15) is 4.79 Å². The zero-order chi connectivity index (χ0) is 12.0. The number of aryl methyl sites for hydroxylation is 2. The highest BCUT2D eigenvalue weighted by Crippen LogP contribution is 2.26. The van der Waals surface area contributed by atoms with Gasteiger partial charge in [-0.1, -0.05) is 20.8 Å². The topological polar surface area (TPSA) is 30.0 Å². The molecular formula is C12H21NOS. The normalized spacial score (nSPS) is 11.6. The van der Waals surface area contributed by atoms with Gasteiger partial charge in [-0.3, -0.25) is 4.79 Å². The summed E-state index contributed by atoms with van der Waals surface area (Å²) >= 11 is 1.67. The smallest absolute Gasteiger partial charge is 0.138 e. The fourth-order valence-electron chi connectivity index (χ4n) is 1.54. The number of rotatable bonds is 3. The molecule has 1 heterocycles. The minimum absolute atomic E-state index is 0.00458. The predicted molar refractivity (Wildman–Crippen MR) is 66.6 cm³/mol. The Balaban J connectivity index is 0.000000921. The van der Waals surface area contributed by atoms with Crippen molar-refractivity contribution in [3.8, 4) is 0 Å². The molecule has 1 aromatic rings. The first kappa shape index (κ1) is 14.3. The third kappa shape index (κ3) is 3.74. The molecule has 0 aromatic carbocycles. The van der Waals surface area contributed by atoms with Crippen molar-refractivity contribution in [1.29, 1.82) is 0 Å². The van der Waals surface area contributed by atoms with Crippen molar-refractivity contribution in [2.45, 2.75) is 53.9 Å². The van der Waals surface area contributed by atoms with Crippen LogP contribution in [0.25, 0.3) is 0 Å². The van der Waals surface area contributed by atoms with Crippen LogP contribution in [0.1, 0.15) is 55.6 Å². The summed E-state index contributed by atoms with van der Waals surface area (Å²) in [6, 6.07) is 0. The van der Waals surface area contributed by atoms with Crippen molar-refractivity contribution in [3.05, 3.63) is 15.6 Å². The van der Waals surface area contributed by atoms with Gasteiger partial charge < -0.3 is 0 Å². The second-order valence-corrected chi connectivity index (χ2v) is 4.65. The number of hydrogen-bond donors (Lipinski definition) is 0. The van der Waals surface area contributed by atoms with Gasteiger partial charge in [0, 0.05) is 4.88 Å². The fourth-order valence-corrected chi connectivity index (χ4v) is 2.42. The monoisotopic (exact) mass is 227 g/mol. The number of carbonyl (C=O) groups is 1. The molecule has 0 saturated carbocycles. The molecule has 0 aliphatic heterocycles. The van der Waals surface area contributed by atoms with Crippen molar-refractivity contribution in [2.24, 2.45) is 0 Å². The summed E-state index contributed by atoms with van der Waals surface area (Å²) in [5.41, 5.74) is 0.984. The summed E-state index contributed by atoms with van der Waals surface area (Å²) in [5.74, 6) is 0.223. The van der Waals surface area contributed by atoms with E-state index < -0.39 is 0 Å². The van der Waals surface area contributed by atoms with Crippen LogP contribution in [0.3, 0.4) is 0 Å². The number of ketones is 1. The fraction of sp³-hybridized carbons (Fsp3) is 0.667. The Morgan fingerprint density at radius 3 is 2.20 bits per heavy atom. The van der Waals surface area contributed by atoms with Crippen LogP contribution in [0.15, 0.2) is 0 Å². The van der Waals surface area contributed by atoms with Crippen LogP contribution >= 0.6 is 11.3 Å². The van der Waals surface area contributed by atoms with E-state index in [0.717, 1.165) is 17.1 Å². The lowest BCUT2D eigenvalue weighted by atomic mass is 9.98. The summed E-state index contributed by atoms with van der Waals surface area (Å²) in [6.07, 6.45) is 0.847. The lowest BCUT2D eigenvalue weighted by Gasteiger charge is -2.08. The van der Waals surface area contributed by atoms with E-state index in [0.29, 0.717) is 0 Å². The van der Waals surface area contributed by atoms with Crippen LogP contribution in [-0.4, -0.2) is 10.8 Å². The van der Waals surface area contributed by atoms with E-state index in [-0.39, 0.29) is 11.7 Å². The molecule has 0 saturated heterocycles. The highest BCUT2D eigenvalue weighted by Gasteiger charge is 2.19. The summed E-state index contributed by atoms with van der Waals surface area (Å²) in [5, 5.41) is 1.05. The van der Waals surface area contributed by atoms with Crippen molar-refractivity contribution >= 4 is 17.1 Å². The van der Waals surface area contributed by atoms with Gasteiger partial charge in [0.1, 0.15) is 5.78 Å². The van der Waals surface area contributed by atoms with Crippen LogP contribution in [0, 0.1) is 13.8 Å². The van der Waals surface area contributed by atoms with Gasteiger partial charge in [0.15, 0.2) is 0 Å². The molecule has 1 rings (SSSR count). The zero-order valence-electron chi connectivity index (χ0n) is 10.5. The van der Waals surface area contributed by atoms with Gasteiger partial charge in [-0.05, 0) is 27.2 Å². The highest BCUT2D eigenvalue weighted by molar-refractivity contribution is 7.11. The van der Waals surface area contributed by atoms with Gasteiger partial charge in [0.25, 0.3) is 0 Å². The Kier molecular flexibility index (Phi) is 6.41. The molecule has 0 fully saturated rings. The van der Waals surface area contributed by atoms with E-state index in [2.05, 4.69) is 4.98 Å². The van der Waals surface area contributed by atoms with E-state index in [4.69, 9.17) is 0 Å². The molecule has 0 N–H and O–H groups in total. The van der Waals surface area contributed by atoms with Gasteiger partial charge in [0.2, 0.25) is 0 Å². The molecule has 1 atom stereocenters. The standard InChI is InChI=1S/C10H15NOS.C2H6/c1-5-9(6(2)12)10-7(3)13-8(4)11-10;1-2/h9H,5H2,1-4H3;1-2H3. The first-order valence-electron chi connectivity index (χ1n) is 5.50. The summed E-state index contributed by atoms with van der Waals surface area (Å²) in [7, 11) is 0. The molecule has 15 heavy (non-hydrogen) atoms. The first-order valence-corrected chi connectivity index (χ1v) is 6.32. The number of hydrogen-bond acceptors (Lipinski definition) is 3. The molecule has 0 aliphatic rings. The second kappa shape index (κ2) is 6.72. The zero-order valence-corrected chi connectivity index (χ0v) is 11.4. The SMILES string of the molecule is CC.CCC(C(C)=O)c1nc(C)sc1C. The van der Waals surface area contributed by atoms with E-state index in [1.54, 1.807) is 18.3 Å². The number of nitrogens with zero attached hydrogens (tertiary/aromatic N) is 1. The third-order valence-electron chi connectivity index (χ3n) is 2.17. The van der Waals surface area contributed by atoms with Gasteiger partial charge in [0.05, 0.1) is 16.6 Å². The molecule has 3 heteroatoms. The molecule has 0 radical (unpaired) electrons. The molecular weight excluding hydrogens is 206 g/mol. The molecule has 0 spiro atoms. The maximum Gasteiger partial charge on any atom is 0.138 e. The van der Waals surface area contributed by atoms with Crippen LogP contribution in [0.2, 0.25) is 0 Å². The maximum absolute atomic E-state index is 11.3. The van der Waals surface area contributed by atoms with Crippen LogP contribution in [0.5, 0.6) is 0 Å². The third-order valence-corrected chi connectivity index (χ3v) is 3.07. The average molecular weight is 227 g/mol. The Bertz CT molecular complexity index is 317. The lowest BCUT2D eigenvalue weighted by Crippen LogP contribution is -2.09. The maximum atomic E-state index is 11.3. The van der Waals surface area contributed by atoms with E-state index >= 15 is 0 Å². The molecule has 1 unspecified atom stereocenters. The first-order chi connectivity index (χ1) is 7.06. The molecule has 0 bridgehead atoms. The van der Waals surface area contributed by atoms with Crippen LogP contribution < -0.4 is 0 Å². The lowest BCUT2D eigenvalue weighted by molar-refractivity contribution is -0.118. The highest BCUT2D eigenvalue weighted by atomic mass is 32.1. The van der Waals surface area contributed by atoms with Crippen molar-refractivity contribution < 1.29 is 4.79 Å². The van der Waals surface area contributed by atoms with Crippen molar-refractivity contribution in [3.63, 3.8) is 0 Å². The summed E-state index contributed by atoms with van der Waals surface area (Å²) in [6.45, 7) is 11.7. The quantitative estimate of drug-likeness (QED) is 0.784. The molecule has 0 amide bonds. The number of thiazole rings is 1. The predicted octanol–water partition coefficient (Wildman–Crippen LogP) is 3.87. The van der Waals surface area contributed by atoms with Gasteiger partial charge in [-0.25, -0.2) is 4.98 Å². The Labute approximate surface area is 96.7 Å². The van der Waals surface area contributed by atoms with E-state index in [1.165, 1.54) is 4.88 Å². The minimum atomic E-state index is 0.00458. The Morgan fingerprint density at radius 2 is 1.93 bits per heavy atom. The average Bonchev–Trinajstić information content (AvgIpc) is 2.50. The molecule has 1 aromatic heterocycles. The van der Waals surface area contributed by atoms with Crippen LogP contribution in [-0.2, 0) is 4.79 Å². The number of carbonyl (C=O) groups excluding carboxylic acids is 1. The van der Waals surface area contributed by atoms with Gasteiger partial charge >= 0.3 is 0 Å². The molecule has 86 valence electrons. The van der Waals surface area contributed by atoms with Crippen molar-refractivity contribution in [1.82, 2.24) is 4.98 Å². The molecule has 0 aliphatic carbocycles. The second-order valence-electron chi connectivity index (χ2n) is 3.25. The largest absolute Gasteiger partial charge is 0.299 e. The van der Waals surface area contributed by atoms with Crippen LogP contribution in [0.4, 0.5) is 0 Å². The number of Topliss-reactive ketones (excluding diaryl/α,β-unsaturated/α-hetero) is 1. The van der Waals surface area contributed by atoms with Gasteiger partial charge in [-0.2, -0.15) is 0 Å². The minimum Gasteiger partial charge on any atom is -0.299 e. The number of aromatic nitrogens is 1.